The maximum atomic E-state index is 13.1. The number of amides is 1. The van der Waals surface area contributed by atoms with Crippen molar-refractivity contribution in [1.82, 2.24) is 4.31 Å². The van der Waals surface area contributed by atoms with E-state index in [0.29, 0.717) is 42.8 Å². The minimum absolute atomic E-state index is 0.101. The maximum absolute atomic E-state index is 13.1. The molecule has 0 aromatic heterocycles. The molecule has 32 heavy (non-hydrogen) atoms. The van der Waals surface area contributed by atoms with Gasteiger partial charge in [0.05, 0.1) is 35.2 Å². The molecule has 1 aliphatic heterocycles. The van der Waals surface area contributed by atoms with Gasteiger partial charge in [0.2, 0.25) is 15.9 Å². The Kier molecular flexibility index (Phi) is 8.46. The van der Waals surface area contributed by atoms with E-state index in [-0.39, 0.29) is 16.9 Å². The number of sulfonamides is 1. The lowest BCUT2D eigenvalue weighted by atomic mass is 10.2. The Morgan fingerprint density at radius 2 is 1.78 bits per heavy atom. The van der Waals surface area contributed by atoms with Crippen LogP contribution in [0.15, 0.2) is 52.3 Å². The summed E-state index contributed by atoms with van der Waals surface area (Å²) in [6, 6.07) is 11.8. The summed E-state index contributed by atoms with van der Waals surface area (Å²) in [6.07, 6.45) is -0.145. The summed E-state index contributed by atoms with van der Waals surface area (Å²) in [4.78, 5) is 13.9. The summed E-state index contributed by atoms with van der Waals surface area (Å²) in [6.45, 7) is 6.82. The summed E-state index contributed by atoms with van der Waals surface area (Å²) in [5.74, 6) is 0.150. The van der Waals surface area contributed by atoms with Gasteiger partial charge in [-0.1, -0.05) is 11.6 Å². The van der Waals surface area contributed by atoms with Crippen LogP contribution in [0.3, 0.4) is 0 Å². The molecule has 3 rings (SSSR count). The monoisotopic (exact) mass is 498 g/mol. The van der Waals surface area contributed by atoms with Gasteiger partial charge >= 0.3 is 0 Å². The number of nitrogens with zero attached hydrogens (tertiary/aromatic N) is 1. The molecule has 1 saturated heterocycles. The predicted molar refractivity (Wildman–Crippen MR) is 127 cm³/mol. The van der Waals surface area contributed by atoms with Crippen LogP contribution in [0.25, 0.3) is 0 Å². The molecule has 7 nitrogen and oxygen atoms in total. The molecule has 0 aliphatic carbocycles. The minimum Gasteiger partial charge on any atom is -0.489 e. The number of halogens is 1. The van der Waals surface area contributed by atoms with Gasteiger partial charge in [-0.05, 0) is 63.2 Å². The predicted octanol–water partition coefficient (Wildman–Crippen LogP) is 4.27. The zero-order chi connectivity index (χ0) is 23.3. The molecule has 2 aromatic rings. The number of rotatable bonds is 8. The first kappa shape index (κ1) is 24.9. The summed E-state index contributed by atoms with van der Waals surface area (Å²) in [5.41, 5.74) is 0.321. The van der Waals surface area contributed by atoms with Gasteiger partial charge in [0, 0.05) is 23.0 Å². The van der Waals surface area contributed by atoms with Crippen LogP contribution in [-0.2, 0) is 19.6 Å². The Bertz CT molecular complexity index is 1040. The van der Waals surface area contributed by atoms with Crippen molar-refractivity contribution in [1.29, 1.82) is 0 Å². The third-order valence-electron chi connectivity index (χ3n) is 4.68. The van der Waals surface area contributed by atoms with E-state index in [0.717, 1.165) is 4.90 Å². The fourth-order valence-corrected chi connectivity index (χ4v) is 5.49. The van der Waals surface area contributed by atoms with Crippen molar-refractivity contribution < 1.29 is 22.7 Å². The van der Waals surface area contributed by atoms with Crippen molar-refractivity contribution in [3.63, 3.8) is 0 Å². The number of carbonyl (C=O) groups is 1. The Labute approximate surface area is 198 Å². The van der Waals surface area contributed by atoms with E-state index in [9.17, 15) is 13.2 Å². The fraction of sp³-hybridized carbons (Fsp3) is 0.409. The van der Waals surface area contributed by atoms with Crippen LogP contribution in [-0.4, -0.2) is 56.3 Å². The third kappa shape index (κ3) is 6.39. The molecule has 0 spiro atoms. The molecule has 1 aliphatic rings. The van der Waals surface area contributed by atoms with Crippen LogP contribution in [0, 0.1) is 0 Å². The van der Waals surface area contributed by atoms with Crippen LogP contribution in [0.2, 0.25) is 5.02 Å². The number of hydrogen-bond acceptors (Lipinski definition) is 6. The molecule has 1 atom stereocenters. The quantitative estimate of drug-likeness (QED) is 0.547. The summed E-state index contributed by atoms with van der Waals surface area (Å²) in [5, 5.41) is 3.04. The number of hydrogen-bond donors (Lipinski definition) is 1. The molecule has 10 heteroatoms. The van der Waals surface area contributed by atoms with E-state index in [1.54, 1.807) is 25.1 Å². The first-order valence-corrected chi connectivity index (χ1v) is 13.0. The molecular weight excluding hydrogens is 472 g/mol. The Morgan fingerprint density at radius 3 is 2.41 bits per heavy atom. The Hall–Kier alpha value is -1.78. The zero-order valence-corrected chi connectivity index (χ0v) is 20.6. The Balaban J connectivity index is 1.82. The van der Waals surface area contributed by atoms with Crippen molar-refractivity contribution in [2.75, 3.05) is 31.6 Å². The summed E-state index contributed by atoms with van der Waals surface area (Å²) >= 11 is 7.30. The molecule has 0 radical (unpaired) electrons. The largest absolute Gasteiger partial charge is 0.489 e. The van der Waals surface area contributed by atoms with Crippen LogP contribution >= 0.6 is 23.4 Å². The van der Waals surface area contributed by atoms with Crippen molar-refractivity contribution >= 4 is 45.0 Å². The number of thioether (sulfide) groups is 1. The van der Waals surface area contributed by atoms with Crippen molar-refractivity contribution in [2.24, 2.45) is 0 Å². The normalized spacial score (nSPS) is 16.0. The van der Waals surface area contributed by atoms with Crippen molar-refractivity contribution in [2.45, 2.75) is 41.9 Å². The first-order valence-electron chi connectivity index (χ1n) is 10.3. The smallest absolute Gasteiger partial charge is 0.243 e. The second-order valence-corrected chi connectivity index (χ2v) is 11.3. The molecule has 0 saturated carbocycles. The van der Waals surface area contributed by atoms with Crippen LogP contribution in [0.4, 0.5) is 5.69 Å². The molecular formula is C22H27ClN2O5S2. The molecule has 1 fully saturated rings. The summed E-state index contributed by atoms with van der Waals surface area (Å²) in [7, 11) is -3.71. The van der Waals surface area contributed by atoms with Crippen LogP contribution < -0.4 is 10.1 Å². The topological polar surface area (TPSA) is 84.9 Å². The standard InChI is InChI=1S/C22H27ClN2O5S2/c1-15(2)30-21-9-8-19(32(27,28)25-10-12-29-13-11-25)14-20(21)24-22(26)16(3)31-18-6-4-17(23)5-7-18/h4-9,14-16H,10-13H2,1-3H3,(H,24,26). The highest BCUT2D eigenvalue weighted by Crippen LogP contribution is 2.32. The average Bonchev–Trinajstić information content (AvgIpc) is 2.76. The number of anilines is 1. The number of carbonyl (C=O) groups excluding carboxylic acids is 1. The van der Waals surface area contributed by atoms with Crippen molar-refractivity contribution in [3.05, 3.63) is 47.5 Å². The Morgan fingerprint density at radius 1 is 1.12 bits per heavy atom. The van der Waals surface area contributed by atoms with Crippen molar-refractivity contribution in [3.8, 4) is 5.75 Å². The van der Waals surface area contributed by atoms with Gasteiger partial charge in [-0.3, -0.25) is 4.79 Å². The highest BCUT2D eigenvalue weighted by atomic mass is 35.5. The zero-order valence-electron chi connectivity index (χ0n) is 18.2. The van der Waals surface area contributed by atoms with E-state index < -0.39 is 15.3 Å². The highest BCUT2D eigenvalue weighted by molar-refractivity contribution is 8.00. The molecule has 1 heterocycles. The molecule has 0 bridgehead atoms. The number of benzene rings is 2. The highest BCUT2D eigenvalue weighted by Gasteiger charge is 2.28. The third-order valence-corrected chi connectivity index (χ3v) is 7.93. The van der Waals surface area contributed by atoms with Gasteiger partial charge in [0.25, 0.3) is 0 Å². The number of ether oxygens (including phenoxy) is 2. The molecule has 2 aromatic carbocycles. The lowest BCUT2D eigenvalue weighted by Crippen LogP contribution is -2.40. The summed E-state index contributed by atoms with van der Waals surface area (Å²) < 4.78 is 38.6. The molecule has 1 unspecified atom stereocenters. The van der Waals surface area contributed by atoms with Gasteiger partial charge in [-0.15, -0.1) is 11.8 Å². The molecule has 174 valence electrons. The molecule has 1 amide bonds. The van der Waals surface area contributed by atoms with Gasteiger partial charge in [0.15, 0.2) is 0 Å². The number of morpholine rings is 1. The van der Waals surface area contributed by atoms with E-state index in [1.807, 2.05) is 26.0 Å². The van der Waals surface area contributed by atoms with Crippen LogP contribution in [0.1, 0.15) is 20.8 Å². The van der Waals surface area contributed by atoms with E-state index >= 15 is 0 Å². The minimum atomic E-state index is -3.71. The average molecular weight is 499 g/mol. The second kappa shape index (κ2) is 10.9. The lowest BCUT2D eigenvalue weighted by molar-refractivity contribution is -0.115. The van der Waals surface area contributed by atoms with E-state index in [1.165, 1.54) is 28.2 Å². The first-order chi connectivity index (χ1) is 15.2. The molecule has 1 N–H and O–H groups in total. The van der Waals surface area contributed by atoms with Gasteiger partial charge < -0.3 is 14.8 Å². The van der Waals surface area contributed by atoms with Crippen LogP contribution in [0.5, 0.6) is 5.75 Å². The lowest BCUT2D eigenvalue weighted by Gasteiger charge is -2.26. The SMILES string of the molecule is CC(C)Oc1ccc(S(=O)(=O)N2CCOCC2)cc1NC(=O)C(C)Sc1ccc(Cl)cc1. The van der Waals surface area contributed by atoms with E-state index in [4.69, 9.17) is 21.1 Å². The van der Waals surface area contributed by atoms with Gasteiger partial charge in [0.1, 0.15) is 5.75 Å². The van der Waals surface area contributed by atoms with E-state index in [2.05, 4.69) is 5.32 Å². The number of nitrogens with one attached hydrogen (secondary N) is 1. The van der Waals surface area contributed by atoms with Gasteiger partial charge in [-0.2, -0.15) is 4.31 Å². The van der Waals surface area contributed by atoms with Gasteiger partial charge in [-0.25, -0.2) is 8.42 Å². The second-order valence-electron chi connectivity index (χ2n) is 7.54. The maximum Gasteiger partial charge on any atom is 0.243 e. The fourth-order valence-electron chi connectivity index (χ4n) is 3.07.